The van der Waals surface area contributed by atoms with E-state index in [2.05, 4.69) is 43.0 Å². The van der Waals surface area contributed by atoms with E-state index >= 15 is 0 Å². The number of benzene rings is 2. The zero-order chi connectivity index (χ0) is 23.8. The summed E-state index contributed by atoms with van der Waals surface area (Å²) in [7, 11) is 1.68. The van der Waals surface area contributed by atoms with Crippen LogP contribution in [0.25, 0.3) is 17.2 Å². The molecule has 1 atom stereocenters. The van der Waals surface area contributed by atoms with E-state index in [-0.39, 0.29) is 17.8 Å². The zero-order valence-electron chi connectivity index (χ0n) is 19.8. The van der Waals surface area contributed by atoms with Gasteiger partial charge in [0.1, 0.15) is 0 Å². The van der Waals surface area contributed by atoms with Crippen molar-refractivity contribution in [3.63, 3.8) is 0 Å². The zero-order valence-corrected chi connectivity index (χ0v) is 19.8. The Morgan fingerprint density at radius 3 is 2.47 bits per heavy atom. The number of rotatable bonds is 5. The first-order valence-corrected chi connectivity index (χ1v) is 11.8. The molecule has 0 amide bonds. The quantitative estimate of drug-likeness (QED) is 0.457. The van der Waals surface area contributed by atoms with E-state index in [4.69, 9.17) is 4.98 Å². The third-order valence-electron chi connectivity index (χ3n) is 6.50. The van der Waals surface area contributed by atoms with E-state index in [1.807, 2.05) is 47.1 Å². The normalized spacial score (nSPS) is 15.9. The lowest BCUT2D eigenvalue weighted by atomic mass is 10.1. The molecular weight excluding hydrogens is 426 g/mol. The molecule has 1 aliphatic heterocycles. The molecule has 0 aliphatic carbocycles. The van der Waals surface area contributed by atoms with Crippen LogP contribution in [0.2, 0.25) is 0 Å². The molecule has 7 heteroatoms. The smallest absolute Gasteiger partial charge is 0.312 e. The highest BCUT2D eigenvalue weighted by Gasteiger charge is 2.29. The van der Waals surface area contributed by atoms with Crippen molar-refractivity contribution in [3.05, 3.63) is 92.6 Å². The van der Waals surface area contributed by atoms with E-state index in [0.717, 1.165) is 24.2 Å². The second-order valence-corrected chi connectivity index (χ2v) is 9.00. The first-order chi connectivity index (χ1) is 16.5. The van der Waals surface area contributed by atoms with Crippen LogP contribution in [0.15, 0.2) is 70.3 Å². The van der Waals surface area contributed by atoms with E-state index < -0.39 is 0 Å². The fourth-order valence-corrected chi connectivity index (χ4v) is 4.65. The minimum absolute atomic E-state index is 0.203. The lowest BCUT2D eigenvalue weighted by molar-refractivity contribution is 0.458. The fourth-order valence-electron chi connectivity index (χ4n) is 4.65. The van der Waals surface area contributed by atoms with Gasteiger partial charge in [-0.25, -0.2) is 4.79 Å². The molecule has 0 fully saturated rings. The third-order valence-corrected chi connectivity index (χ3v) is 6.50. The molecule has 0 spiro atoms. The predicted octanol–water partition coefficient (Wildman–Crippen LogP) is 3.96. The van der Waals surface area contributed by atoms with Gasteiger partial charge in [-0.3, -0.25) is 13.9 Å². The number of hydrogen-bond acceptors (Lipinski definition) is 4. The largest absolute Gasteiger partial charge is 0.332 e. The van der Waals surface area contributed by atoms with Crippen LogP contribution in [-0.4, -0.2) is 25.2 Å². The third kappa shape index (κ3) is 3.77. The summed E-state index contributed by atoms with van der Waals surface area (Å²) in [5, 5.41) is 0. The van der Waals surface area contributed by atoms with Crippen molar-refractivity contribution in [2.45, 2.75) is 33.4 Å². The molecule has 0 bridgehead atoms. The average Bonchev–Trinajstić information content (AvgIpc) is 3.24. The molecule has 0 N–H and O–H groups in total. The Labute approximate surface area is 198 Å². The minimum Gasteiger partial charge on any atom is -0.312 e. The van der Waals surface area contributed by atoms with Crippen LogP contribution in [0.3, 0.4) is 0 Å². The fraction of sp³-hybridized carbons (Fsp3) is 0.296. The number of aromatic nitrogens is 4. The van der Waals surface area contributed by atoms with E-state index in [0.29, 0.717) is 29.6 Å². The van der Waals surface area contributed by atoms with Gasteiger partial charge in [-0.05, 0) is 35.6 Å². The van der Waals surface area contributed by atoms with Crippen molar-refractivity contribution < 1.29 is 0 Å². The maximum absolute atomic E-state index is 13.5. The van der Waals surface area contributed by atoms with Crippen molar-refractivity contribution in [3.8, 4) is 0 Å². The Hall–Kier alpha value is -3.87. The molecule has 0 saturated carbocycles. The van der Waals surface area contributed by atoms with Gasteiger partial charge in [0, 0.05) is 32.4 Å². The highest BCUT2D eigenvalue weighted by molar-refractivity contribution is 5.77. The highest BCUT2D eigenvalue weighted by Crippen LogP contribution is 2.32. The van der Waals surface area contributed by atoms with E-state index in [1.54, 1.807) is 7.05 Å². The van der Waals surface area contributed by atoms with Gasteiger partial charge in [0.05, 0.1) is 0 Å². The van der Waals surface area contributed by atoms with Crippen LogP contribution < -0.4 is 16.1 Å². The molecule has 34 heavy (non-hydrogen) atoms. The Kier molecular flexibility index (Phi) is 5.69. The molecule has 0 saturated heterocycles. The molecule has 1 aliphatic rings. The summed E-state index contributed by atoms with van der Waals surface area (Å²) in [6.07, 6.45) is 4.75. The maximum atomic E-state index is 13.5. The van der Waals surface area contributed by atoms with Crippen LogP contribution >= 0.6 is 0 Å². The summed E-state index contributed by atoms with van der Waals surface area (Å²) in [5.41, 5.74) is 3.58. The summed E-state index contributed by atoms with van der Waals surface area (Å²) in [6, 6.07) is 18.3. The molecule has 3 heterocycles. The summed E-state index contributed by atoms with van der Waals surface area (Å²) in [4.78, 5) is 33.6. The molecule has 7 nitrogen and oxygen atoms in total. The monoisotopic (exact) mass is 455 g/mol. The number of hydrogen-bond donors (Lipinski definition) is 0. The number of fused-ring (bicyclic) bond motifs is 3. The lowest BCUT2D eigenvalue weighted by Gasteiger charge is -2.33. The molecular formula is C27H29N5O2. The van der Waals surface area contributed by atoms with Gasteiger partial charge >= 0.3 is 5.69 Å². The first kappa shape index (κ1) is 21.9. The minimum atomic E-state index is -0.363. The van der Waals surface area contributed by atoms with Crippen LogP contribution in [0.4, 0.5) is 11.6 Å². The first-order valence-electron chi connectivity index (χ1n) is 11.8. The van der Waals surface area contributed by atoms with Crippen molar-refractivity contribution >= 4 is 28.9 Å². The Balaban J connectivity index is 1.61. The van der Waals surface area contributed by atoms with Crippen molar-refractivity contribution in [2.24, 2.45) is 13.0 Å². The maximum Gasteiger partial charge on any atom is 0.332 e. The van der Waals surface area contributed by atoms with Gasteiger partial charge in [0.25, 0.3) is 5.56 Å². The summed E-state index contributed by atoms with van der Waals surface area (Å²) in [6.45, 7) is 6.00. The van der Waals surface area contributed by atoms with Crippen molar-refractivity contribution in [2.75, 3.05) is 11.4 Å². The number of nitrogens with zero attached hydrogens (tertiary/aromatic N) is 5. The lowest BCUT2D eigenvalue weighted by Crippen LogP contribution is -2.40. The summed E-state index contributed by atoms with van der Waals surface area (Å²) >= 11 is 0. The second-order valence-electron chi connectivity index (χ2n) is 9.00. The van der Waals surface area contributed by atoms with Crippen LogP contribution in [0.1, 0.15) is 25.0 Å². The number of allylic oxidation sites excluding steroid dienone is 1. The number of aryl methyl sites for hydroxylation is 2. The highest BCUT2D eigenvalue weighted by atomic mass is 16.2. The molecule has 5 rings (SSSR count). The van der Waals surface area contributed by atoms with Gasteiger partial charge in [0.2, 0.25) is 5.95 Å². The van der Waals surface area contributed by atoms with Crippen molar-refractivity contribution in [1.29, 1.82) is 0 Å². The Morgan fingerprint density at radius 1 is 1.03 bits per heavy atom. The Morgan fingerprint density at radius 2 is 1.76 bits per heavy atom. The average molecular weight is 456 g/mol. The van der Waals surface area contributed by atoms with Crippen molar-refractivity contribution in [1.82, 2.24) is 18.7 Å². The SMILES string of the molecule is CCc1ccc(N2C[C@H](C)Cn3c2nc2c3c(=O)n(C/C=C/c3ccccc3)c(=O)n2C)cc1. The van der Waals surface area contributed by atoms with Gasteiger partial charge in [0.15, 0.2) is 11.2 Å². The summed E-state index contributed by atoms with van der Waals surface area (Å²) < 4.78 is 4.76. The topological polar surface area (TPSA) is 65.1 Å². The van der Waals surface area contributed by atoms with E-state index in [1.165, 1.54) is 14.7 Å². The second kappa shape index (κ2) is 8.82. The Bertz CT molecular complexity index is 1480. The standard InChI is InChI=1S/C27H29N5O2/c1-4-20-12-14-22(15-13-20)31-17-19(2)18-32-23-24(28-26(31)32)29(3)27(34)30(25(23)33)16-8-11-21-9-6-5-7-10-21/h5-15,19H,4,16-18H2,1-3H3/b11-8+/t19-/m0/s1. The van der Waals surface area contributed by atoms with Gasteiger partial charge in [-0.2, -0.15) is 4.98 Å². The molecule has 0 unspecified atom stereocenters. The molecule has 2 aromatic carbocycles. The molecule has 2 aromatic heterocycles. The molecule has 174 valence electrons. The molecule has 0 radical (unpaired) electrons. The number of anilines is 2. The van der Waals surface area contributed by atoms with Crippen LogP contribution in [0, 0.1) is 5.92 Å². The predicted molar refractivity (Wildman–Crippen MR) is 137 cm³/mol. The van der Waals surface area contributed by atoms with Gasteiger partial charge in [-0.15, -0.1) is 0 Å². The van der Waals surface area contributed by atoms with Crippen LogP contribution in [0.5, 0.6) is 0 Å². The number of imidazole rings is 1. The van der Waals surface area contributed by atoms with E-state index in [9.17, 15) is 9.59 Å². The molecule has 4 aromatic rings. The van der Waals surface area contributed by atoms with Gasteiger partial charge < -0.3 is 9.47 Å². The summed E-state index contributed by atoms with van der Waals surface area (Å²) in [5.74, 6) is 1.03. The van der Waals surface area contributed by atoms with Gasteiger partial charge in [-0.1, -0.05) is 68.5 Å². The van der Waals surface area contributed by atoms with Crippen LogP contribution in [-0.2, 0) is 26.6 Å².